The van der Waals surface area contributed by atoms with Crippen LogP contribution in [0.15, 0.2) is 24.3 Å². The molecule has 1 atom stereocenters. The molecule has 4 N–H and O–H groups in total. The average molecular weight is 367 g/mol. The Balaban J connectivity index is 2.71. The molecule has 0 amide bonds. The van der Waals surface area contributed by atoms with Gasteiger partial charge in [0.25, 0.3) is 0 Å². The maximum Gasteiger partial charge on any atom is 0.0379 e. The van der Waals surface area contributed by atoms with Crippen molar-refractivity contribution in [1.29, 1.82) is 0 Å². The monoisotopic (exact) mass is 366 g/mol. The predicted octanol–water partition coefficient (Wildman–Crippen LogP) is 6.28. The van der Waals surface area contributed by atoms with E-state index in [1.54, 1.807) is 0 Å². The third-order valence-electron chi connectivity index (χ3n) is 6.20. The van der Waals surface area contributed by atoms with Crippen LogP contribution in [0, 0.1) is 5.92 Å². The molecular formula is C25H38N2. The highest BCUT2D eigenvalue weighted by molar-refractivity contribution is 5.60. The Labute approximate surface area is 166 Å². The van der Waals surface area contributed by atoms with Gasteiger partial charge in [0.15, 0.2) is 0 Å². The molecule has 2 nitrogen and oxygen atoms in total. The lowest BCUT2D eigenvalue weighted by Crippen LogP contribution is -2.14. The fourth-order valence-corrected chi connectivity index (χ4v) is 4.23. The van der Waals surface area contributed by atoms with Crippen LogP contribution in [0.5, 0.6) is 0 Å². The Morgan fingerprint density at radius 3 is 1.15 bits per heavy atom. The first kappa shape index (κ1) is 21.3. The van der Waals surface area contributed by atoms with Gasteiger partial charge in [-0.1, -0.05) is 72.2 Å². The molecule has 0 aromatic heterocycles. The van der Waals surface area contributed by atoms with E-state index >= 15 is 0 Å². The first-order valence-electron chi connectivity index (χ1n) is 10.7. The van der Waals surface area contributed by atoms with Gasteiger partial charge in [0.2, 0.25) is 0 Å². The van der Waals surface area contributed by atoms with Gasteiger partial charge in [-0.2, -0.15) is 0 Å². The summed E-state index contributed by atoms with van der Waals surface area (Å²) in [4.78, 5) is 0. The number of benzene rings is 2. The number of nitrogens with two attached hydrogens (primary N) is 2. The zero-order valence-corrected chi connectivity index (χ0v) is 18.2. The van der Waals surface area contributed by atoms with Crippen LogP contribution in [0.4, 0.5) is 11.4 Å². The molecule has 0 saturated heterocycles. The SMILES string of the molecule is CCc1cc(C(c2cc(CC)c(N)c(CC)c2)C(C)CC)cc(CC)c1N. The van der Waals surface area contributed by atoms with Crippen LogP contribution in [0.1, 0.15) is 87.3 Å². The van der Waals surface area contributed by atoms with E-state index in [-0.39, 0.29) is 0 Å². The highest BCUT2D eigenvalue weighted by atomic mass is 14.6. The predicted molar refractivity (Wildman–Crippen MR) is 121 cm³/mol. The molecule has 0 fully saturated rings. The first-order valence-corrected chi connectivity index (χ1v) is 10.7. The van der Waals surface area contributed by atoms with Crippen LogP contribution < -0.4 is 11.5 Å². The second-order valence-electron chi connectivity index (χ2n) is 7.78. The lowest BCUT2D eigenvalue weighted by atomic mass is 9.77. The van der Waals surface area contributed by atoms with E-state index in [9.17, 15) is 0 Å². The number of hydrogen-bond donors (Lipinski definition) is 2. The summed E-state index contributed by atoms with van der Waals surface area (Å²) in [5.74, 6) is 0.934. The smallest absolute Gasteiger partial charge is 0.0379 e. The molecule has 0 saturated carbocycles. The van der Waals surface area contributed by atoms with E-state index in [0.717, 1.165) is 43.5 Å². The Morgan fingerprint density at radius 1 is 0.630 bits per heavy atom. The van der Waals surface area contributed by atoms with Crippen molar-refractivity contribution >= 4 is 11.4 Å². The van der Waals surface area contributed by atoms with Crippen LogP contribution in [0.2, 0.25) is 0 Å². The van der Waals surface area contributed by atoms with Gasteiger partial charge in [0.05, 0.1) is 0 Å². The van der Waals surface area contributed by atoms with Crippen LogP contribution >= 0.6 is 0 Å². The maximum absolute atomic E-state index is 6.42. The highest BCUT2D eigenvalue weighted by Gasteiger charge is 2.23. The number of nitrogen functional groups attached to an aromatic ring is 2. The minimum absolute atomic E-state index is 0.377. The zero-order chi connectivity index (χ0) is 20.1. The van der Waals surface area contributed by atoms with Gasteiger partial charge in [0, 0.05) is 17.3 Å². The molecular weight excluding hydrogens is 328 g/mol. The van der Waals surface area contributed by atoms with Crippen molar-refractivity contribution in [1.82, 2.24) is 0 Å². The van der Waals surface area contributed by atoms with Crippen LogP contribution in [-0.2, 0) is 25.7 Å². The second-order valence-corrected chi connectivity index (χ2v) is 7.78. The summed E-state index contributed by atoms with van der Waals surface area (Å²) in [7, 11) is 0. The Morgan fingerprint density at radius 2 is 0.926 bits per heavy atom. The lowest BCUT2D eigenvalue weighted by molar-refractivity contribution is 0.495. The third kappa shape index (κ3) is 4.31. The average Bonchev–Trinajstić information content (AvgIpc) is 2.69. The summed E-state index contributed by atoms with van der Waals surface area (Å²) >= 11 is 0. The number of aryl methyl sites for hydroxylation is 4. The van der Waals surface area contributed by atoms with Crippen molar-refractivity contribution < 1.29 is 0 Å². The molecule has 0 heterocycles. The molecule has 2 aromatic carbocycles. The van der Waals surface area contributed by atoms with Crippen LogP contribution in [0.3, 0.4) is 0 Å². The summed E-state index contributed by atoms with van der Waals surface area (Å²) in [6, 6.07) is 9.38. The number of rotatable bonds is 8. The molecule has 0 aliphatic carbocycles. The molecule has 0 radical (unpaired) electrons. The third-order valence-corrected chi connectivity index (χ3v) is 6.20. The maximum atomic E-state index is 6.42. The van der Waals surface area contributed by atoms with E-state index in [0.29, 0.717) is 11.8 Å². The van der Waals surface area contributed by atoms with E-state index in [4.69, 9.17) is 11.5 Å². The fourth-order valence-electron chi connectivity index (χ4n) is 4.23. The molecule has 2 aromatic rings. The summed E-state index contributed by atoms with van der Waals surface area (Å²) in [6.45, 7) is 13.4. The van der Waals surface area contributed by atoms with Crippen molar-refractivity contribution in [2.24, 2.45) is 5.92 Å². The summed E-state index contributed by atoms with van der Waals surface area (Å²) in [5.41, 5.74) is 22.7. The summed E-state index contributed by atoms with van der Waals surface area (Å²) < 4.78 is 0. The normalized spacial score (nSPS) is 12.6. The largest absolute Gasteiger partial charge is 0.398 e. The van der Waals surface area contributed by atoms with Crippen molar-refractivity contribution in [2.45, 2.75) is 79.6 Å². The van der Waals surface area contributed by atoms with Crippen molar-refractivity contribution in [3.8, 4) is 0 Å². The topological polar surface area (TPSA) is 52.0 Å². The molecule has 27 heavy (non-hydrogen) atoms. The Kier molecular flexibility index (Phi) is 7.35. The number of hydrogen-bond acceptors (Lipinski definition) is 2. The summed E-state index contributed by atoms with van der Waals surface area (Å²) in [5, 5.41) is 0. The van der Waals surface area contributed by atoms with Gasteiger partial charge in [-0.15, -0.1) is 0 Å². The van der Waals surface area contributed by atoms with Crippen LogP contribution in [0.25, 0.3) is 0 Å². The van der Waals surface area contributed by atoms with Gasteiger partial charge in [-0.25, -0.2) is 0 Å². The van der Waals surface area contributed by atoms with Crippen molar-refractivity contribution in [3.63, 3.8) is 0 Å². The van der Waals surface area contributed by atoms with Gasteiger partial charge in [-0.3, -0.25) is 0 Å². The van der Waals surface area contributed by atoms with Gasteiger partial charge < -0.3 is 11.5 Å². The van der Waals surface area contributed by atoms with E-state index in [1.807, 2.05) is 0 Å². The Bertz CT molecular complexity index is 664. The quantitative estimate of drug-likeness (QED) is 0.540. The Hall–Kier alpha value is -1.96. The van der Waals surface area contributed by atoms with Gasteiger partial charge in [-0.05, 0) is 65.0 Å². The van der Waals surface area contributed by atoms with Crippen LogP contribution in [-0.4, -0.2) is 0 Å². The molecule has 0 aliphatic rings. The minimum Gasteiger partial charge on any atom is -0.398 e. The van der Waals surface area contributed by atoms with E-state index < -0.39 is 0 Å². The molecule has 2 rings (SSSR count). The summed E-state index contributed by atoms with van der Waals surface area (Å²) in [6.07, 6.45) is 5.04. The minimum atomic E-state index is 0.377. The van der Waals surface area contributed by atoms with Crippen molar-refractivity contribution in [2.75, 3.05) is 11.5 Å². The second kappa shape index (κ2) is 9.30. The lowest BCUT2D eigenvalue weighted by Gasteiger charge is -2.27. The standard InChI is InChI=1S/C25H38N2/c1-7-16(6)23(21-12-17(8-2)24(26)18(9-3)13-21)22-14-19(10-4)25(27)20(11-5)15-22/h12-16,23H,7-11,26-27H2,1-6H3. The molecule has 2 heteroatoms. The fraction of sp³-hybridized carbons (Fsp3) is 0.520. The van der Waals surface area contributed by atoms with E-state index in [1.165, 1.54) is 33.4 Å². The molecule has 148 valence electrons. The molecule has 0 bridgehead atoms. The van der Waals surface area contributed by atoms with Crippen molar-refractivity contribution in [3.05, 3.63) is 57.6 Å². The number of anilines is 2. The van der Waals surface area contributed by atoms with Gasteiger partial charge in [0.1, 0.15) is 0 Å². The molecule has 0 spiro atoms. The van der Waals surface area contributed by atoms with Gasteiger partial charge >= 0.3 is 0 Å². The van der Waals surface area contributed by atoms with E-state index in [2.05, 4.69) is 65.8 Å². The molecule has 0 aliphatic heterocycles. The molecule has 1 unspecified atom stereocenters. The highest BCUT2D eigenvalue weighted by Crippen LogP contribution is 2.38. The zero-order valence-electron chi connectivity index (χ0n) is 18.2. The first-order chi connectivity index (χ1) is 12.9.